The summed E-state index contributed by atoms with van der Waals surface area (Å²) in [6.07, 6.45) is 1.07. The molecule has 0 heterocycles. The summed E-state index contributed by atoms with van der Waals surface area (Å²) >= 11 is 0. The van der Waals surface area contributed by atoms with Crippen molar-refractivity contribution >= 4 is 21.5 Å². The standard InChI is InChI=1S/C10H13NO5S/c1-17(14,15)6-5-16-9-7(10(12)13)3-2-4-8(9)11/h2-4H,5-6,11H2,1H3,(H,12,13). The average molecular weight is 259 g/mol. The van der Waals surface area contributed by atoms with Crippen LogP contribution in [0.25, 0.3) is 0 Å². The Morgan fingerprint density at radius 3 is 2.65 bits per heavy atom. The molecule has 0 aliphatic heterocycles. The lowest BCUT2D eigenvalue weighted by Crippen LogP contribution is -2.14. The maximum absolute atomic E-state index is 10.9. The molecule has 0 bridgehead atoms. The Morgan fingerprint density at radius 2 is 2.12 bits per heavy atom. The van der Waals surface area contributed by atoms with Crippen LogP contribution in [0.5, 0.6) is 5.75 Å². The summed E-state index contributed by atoms with van der Waals surface area (Å²) in [5, 5.41) is 8.90. The van der Waals surface area contributed by atoms with Gasteiger partial charge in [0.05, 0.1) is 11.4 Å². The molecule has 0 aromatic heterocycles. The van der Waals surface area contributed by atoms with Gasteiger partial charge in [0.1, 0.15) is 12.2 Å². The van der Waals surface area contributed by atoms with Crippen molar-refractivity contribution in [2.24, 2.45) is 0 Å². The van der Waals surface area contributed by atoms with Gasteiger partial charge in [-0.1, -0.05) is 6.07 Å². The minimum atomic E-state index is -3.15. The van der Waals surface area contributed by atoms with Crippen LogP contribution in [0.1, 0.15) is 10.4 Å². The summed E-state index contributed by atoms with van der Waals surface area (Å²) in [6.45, 7) is -0.132. The van der Waals surface area contributed by atoms with Crippen LogP contribution in [0.3, 0.4) is 0 Å². The first-order chi connectivity index (χ1) is 7.81. The molecule has 94 valence electrons. The molecule has 1 aromatic rings. The van der Waals surface area contributed by atoms with Crippen LogP contribution < -0.4 is 10.5 Å². The molecule has 17 heavy (non-hydrogen) atoms. The third-order valence-electron chi connectivity index (χ3n) is 1.98. The van der Waals surface area contributed by atoms with Gasteiger partial charge in [0.2, 0.25) is 0 Å². The Kier molecular flexibility index (Phi) is 3.95. The van der Waals surface area contributed by atoms with E-state index < -0.39 is 15.8 Å². The minimum Gasteiger partial charge on any atom is -0.489 e. The van der Waals surface area contributed by atoms with Gasteiger partial charge in [0.15, 0.2) is 15.6 Å². The Morgan fingerprint density at radius 1 is 1.47 bits per heavy atom. The zero-order chi connectivity index (χ0) is 13.1. The van der Waals surface area contributed by atoms with Gasteiger partial charge < -0.3 is 15.6 Å². The van der Waals surface area contributed by atoms with Crippen LogP contribution in [-0.2, 0) is 9.84 Å². The van der Waals surface area contributed by atoms with Gasteiger partial charge >= 0.3 is 5.97 Å². The number of carbonyl (C=O) groups is 1. The molecular formula is C10H13NO5S. The number of ether oxygens (including phenoxy) is 1. The van der Waals surface area contributed by atoms with Crippen molar-refractivity contribution in [2.75, 3.05) is 24.3 Å². The SMILES string of the molecule is CS(=O)(=O)CCOc1c(N)cccc1C(=O)O. The highest BCUT2D eigenvalue weighted by molar-refractivity contribution is 7.90. The molecule has 1 aromatic carbocycles. The van der Waals surface area contributed by atoms with Crippen LogP contribution in [0.4, 0.5) is 5.69 Å². The largest absolute Gasteiger partial charge is 0.489 e. The van der Waals surface area contributed by atoms with Crippen LogP contribution in [0.15, 0.2) is 18.2 Å². The van der Waals surface area contributed by atoms with Crippen LogP contribution in [0.2, 0.25) is 0 Å². The summed E-state index contributed by atoms with van der Waals surface area (Å²) in [7, 11) is -3.15. The van der Waals surface area contributed by atoms with Gasteiger partial charge in [-0.05, 0) is 12.1 Å². The zero-order valence-corrected chi connectivity index (χ0v) is 10.0. The Labute approximate surface area is 98.9 Å². The fraction of sp³-hybridized carbons (Fsp3) is 0.300. The molecule has 0 saturated carbocycles. The van der Waals surface area contributed by atoms with Gasteiger partial charge in [-0.25, -0.2) is 13.2 Å². The lowest BCUT2D eigenvalue weighted by atomic mass is 10.2. The topological polar surface area (TPSA) is 107 Å². The van der Waals surface area contributed by atoms with Gasteiger partial charge in [0, 0.05) is 6.26 Å². The van der Waals surface area contributed by atoms with E-state index in [-0.39, 0.29) is 29.4 Å². The third-order valence-corrected chi connectivity index (χ3v) is 2.88. The number of carboxylic acids is 1. The number of hydrogen-bond donors (Lipinski definition) is 2. The first-order valence-corrected chi connectivity index (χ1v) is 6.79. The minimum absolute atomic E-state index is 0.00338. The monoisotopic (exact) mass is 259 g/mol. The lowest BCUT2D eigenvalue weighted by molar-refractivity contribution is 0.0692. The Hall–Kier alpha value is -1.76. The number of sulfone groups is 1. The quantitative estimate of drug-likeness (QED) is 0.741. The van der Waals surface area contributed by atoms with E-state index in [1.807, 2.05) is 0 Å². The number of anilines is 1. The number of benzene rings is 1. The van der Waals surface area contributed by atoms with Gasteiger partial charge in [0.25, 0.3) is 0 Å². The van der Waals surface area contributed by atoms with E-state index in [9.17, 15) is 13.2 Å². The van der Waals surface area contributed by atoms with Crippen molar-refractivity contribution in [3.63, 3.8) is 0 Å². The third kappa shape index (κ3) is 3.95. The predicted molar refractivity (Wildman–Crippen MR) is 63.0 cm³/mol. The van der Waals surface area contributed by atoms with Crippen molar-refractivity contribution in [1.82, 2.24) is 0 Å². The van der Waals surface area contributed by atoms with Crippen molar-refractivity contribution in [3.8, 4) is 5.75 Å². The zero-order valence-electron chi connectivity index (χ0n) is 9.21. The van der Waals surface area contributed by atoms with E-state index in [2.05, 4.69) is 0 Å². The summed E-state index contributed by atoms with van der Waals surface area (Å²) in [5.74, 6) is -1.37. The molecule has 1 rings (SSSR count). The first-order valence-electron chi connectivity index (χ1n) is 4.73. The molecule has 3 N–H and O–H groups in total. The molecule has 0 aliphatic rings. The van der Waals surface area contributed by atoms with E-state index in [0.29, 0.717) is 0 Å². The van der Waals surface area contributed by atoms with Crippen LogP contribution >= 0.6 is 0 Å². The number of para-hydroxylation sites is 1. The molecule has 0 amide bonds. The Bertz CT molecular complexity index is 523. The predicted octanol–water partition coefficient (Wildman–Crippen LogP) is 0.390. The maximum atomic E-state index is 10.9. The number of hydrogen-bond acceptors (Lipinski definition) is 5. The van der Waals surface area contributed by atoms with Crippen LogP contribution in [-0.4, -0.2) is 38.1 Å². The second-order valence-corrected chi connectivity index (χ2v) is 5.77. The van der Waals surface area contributed by atoms with Crippen molar-refractivity contribution < 1.29 is 23.1 Å². The summed E-state index contributed by atoms with van der Waals surface area (Å²) < 4.78 is 26.9. The number of aromatic carboxylic acids is 1. The molecule has 0 saturated heterocycles. The van der Waals surface area contributed by atoms with E-state index in [0.717, 1.165) is 6.26 Å². The van der Waals surface area contributed by atoms with Gasteiger partial charge in [-0.2, -0.15) is 0 Å². The maximum Gasteiger partial charge on any atom is 0.339 e. The van der Waals surface area contributed by atoms with E-state index in [4.69, 9.17) is 15.6 Å². The smallest absolute Gasteiger partial charge is 0.339 e. The second kappa shape index (κ2) is 5.05. The second-order valence-electron chi connectivity index (χ2n) is 3.51. The average Bonchev–Trinajstić information content (AvgIpc) is 2.18. The van der Waals surface area contributed by atoms with E-state index in [1.165, 1.54) is 18.2 Å². The Balaban J connectivity index is 2.86. The first kappa shape index (κ1) is 13.3. The molecule has 0 aliphatic carbocycles. The summed E-state index contributed by atoms with van der Waals surface area (Å²) in [6, 6.07) is 4.32. The molecular weight excluding hydrogens is 246 g/mol. The fourth-order valence-electron chi connectivity index (χ4n) is 1.18. The molecule has 0 radical (unpaired) electrons. The van der Waals surface area contributed by atoms with Crippen LogP contribution in [0, 0.1) is 0 Å². The highest BCUT2D eigenvalue weighted by Gasteiger charge is 2.14. The number of rotatable bonds is 5. The molecule has 6 nitrogen and oxygen atoms in total. The number of nitrogens with two attached hydrogens (primary N) is 1. The highest BCUT2D eigenvalue weighted by Crippen LogP contribution is 2.26. The summed E-state index contributed by atoms with van der Waals surface area (Å²) in [4.78, 5) is 10.9. The summed E-state index contributed by atoms with van der Waals surface area (Å²) in [5.41, 5.74) is 5.65. The lowest BCUT2D eigenvalue weighted by Gasteiger charge is -2.10. The van der Waals surface area contributed by atoms with Crippen molar-refractivity contribution in [2.45, 2.75) is 0 Å². The molecule has 0 spiro atoms. The molecule has 7 heteroatoms. The van der Waals surface area contributed by atoms with E-state index in [1.54, 1.807) is 0 Å². The van der Waals surface area contributed by atoms with Gasteiger partial charge in [-0.3, -0.25) is 0 Å². The van der Waals surface area contributed by atoms with E-state index >= 15 is 0 Å². The normalized spacial score (nSPS) is 11.1. The van der Waals surface area contributed by atoms with Crippen molar-refractivity contribution in [3.05, 3.63) is 23.8 Å². The highest BCUT2D eigenvalue weighted by atomic mass is 32.2. The van der Waals surface area contributed by atoms with Gasteiger partial charge in [-0.15, -0.1) is 0 Å². The molecule has 0 fully saturated rings. The van der Waals surface area contributed by atoms with Crippen molar-refractivity contribution in [1.29, 1.82) is 0 Å². The number of nitrogen functional groups attached to an aromatic ring is 1. The number of carboxylic acid groups (broad SMARTS) is 1. The fourth-order valence-corrected chi connectivity index (χ4v) is 1.57. The molecule has 0 atom stereocenters. The molecule has 0 unspecified atom stereocenters.